The zero-order chi connectivity index (χ0) is 17.1. The van der Waals surface area contributed by atoms with Crippen molar-refractivity contribution < 1.29 is 15.1 Å². The van der Waals surface area contributed by atoms with Crippen LogP contribution in [0.25, 0.3) is 11.6 Å². The van der Waals surface area contributed by atoms with Gasteiger partial charge in [-0.1, -0.05) is 23.2 Å². The summed E-state index contributed by atoms with van der Waals surface area (Å²) in [5, 5.41) is 39.4. The number of rotatable bonds is 3. The van der Waals surface area contributed by atoms with E-state index in [1.54, 1.807) is 0 Å². The quantitative estimate of drug-likeness (QED) is 0.375. The second-order valence-corrected chi connectivity index (χ2v) is 5.13. The molecule has 1 aromatic carbocycles. The topological polar surface area (TPSA) is 120 Å². The fourth-order valence-corrected chi connectivity index (χ4v) is 2.41. The summed E-state index contributed by atoms with van der Waals surface area (Å²) in [6, 6.07) is 3.96. The fourth-order valence-electron chi connectivity index (χ4n) is 1.84. The predicted octanol–water partition coefficient (Wildman–Crippen LogP) is 3.77. The van der Waals surface area contributed by atoms with Gasteiger partial charge in [-0.3, -0.25) is 15.1 Å². The minimum absolute atomic E-state index is 0.0155. The van der Waals surface area contributed by atoms with E-state index in [1.807, 2.05) is 6.07 Å². The molecule has 2 rings (SSSR count). The van der Waals surface area contributed by atoms with Gasteiger partial charge in [-0.15, -0.1) is 0 Å². The van der Waals surface area contributed by atoms with Crippen molar-refractivity contribution in [3.63, 3.8) is 0 Å². The first-order chi connectivity index (χ1) is 10.8. The number of aromatic nitrogens is 1. The molecule has 0 atom stereocenters. The van der Waals surface area contributed by atoms with Crippen LogP contribution in [0.2, 0.25) is 10.0 Å². The maximum atomic E-state index is 10.9. The highest BCUT2D eigenvalue weighted by atomic mass is 35.5. The van der Waals surface area contributed by atoms with Crippen molar-refractivity contribution in [2.24, 2.45) is 0 Å². The highest BCUT2D eigenvalue weighted by Crippen LogP contribution is 2.38. The van der Waals surface area contributed by atoms with Crippen LogP contribution in [0.1, 0.15) is 11.1 Å². The molecule has 0 spiro atoms. The number of halogens is 2. The van der Waals surface area contributed by atoms with Crippen molar-refractivity contribution in [3.8, 4) is 17.6 Å². The number of benzene rings is 1. The van der Waals surface area contributed by atoms with Gasteiger partial charge in [0, 0.05) is 24.0 Å². The average Bonchev–Trinajstić information content (AvgIpc) is 2.48. The Bertz CT molecular complexity index is 855. The molecule has 0 saturated heterocycles. The first-order valence-corrected chi connectivity index (χ1v) is 6.72. The number of phenols is 2. The maximum Gasteiger partial charge on any atom is 0.315 e. The number of nitriles is 1. The van der Waals surface area contributed by atoms with E-state index in [9.17, 15) is 25.6 Å². The van der Waals surface area contributed by atoms with Crippen molar-refractivity contribution in [2.75, 3.05) is 0 Å². The van der Waals surface area contributed by atoms with E-state index in [1.165, 1.54) is 18.5 Å². The van der Waals surface area contributed by atoms with Crippen LogP contribution in [0.3, 0.4) is 0 Å². The molecule has 0 aliphatic heterocycles. The molecule has 2 aromatic rings. The average molecular weight is 352 g/mol. The molecule has 0 radical (unpaired) electrons. The molecular formula is C14H7Cl2N3O4. The van der Waals surface area contributed by atoms with E-state index in [4.69, 9.17) is 23.2 Å². The van der Waals surface area contributed by atoms with E-state index < -0.39 is 22.1 Å². The molecule has 7 nitrogen and oxygen atoms in total. The summed E-state index contributed by atoms with van der Waals surface area (Å²) in [6.07, 6.45) is 3.84. The minimum atomic E-state index is -0.856. The summed E-state index contributed by atoms with van der Waals surface area (Å²) in [5.41, 5.74) is -0.351. The lowest BCUT2D eigenvalue weighted by Gasteiger charge is -2.06. The fraction of sp³-hybridized carbons (Fsp3) is 0. The lowest BCUT2D eigenvalue weighted by atomic mass is 10.0. The van der Waals surface area contributed by atoms with E-state index in [0.29, 0.717) is 0 Å². The van der Waals surface area contributed by atoms with Crippen LogP contribution >= 0.6 is 23.2 Å². The lowest BCUT2D eigenvalue weighted by molar-refractivity contribution is -0.386. The smallest absolute Gasteiger partial charge is 0.315 e. The van der Waals surface area contributed by atoms with Gasteiger partial charge in [-0.25, -0.2) is 0 Å². The van der Waals surface area contributed by atoms with E-state index in [0.717, 1.165) is 12.1 Å². The summed E-state index contributed by atoms with van der Waals surface area (Å²) in [6.45, 7) is 0. The SMILES string of the molecule is N#C/C(=C\c1cc(O)c(O)c([N+](=O)[O-])c1)c1c(Cl)cncc1Cl. The van der Waals surface area contributed by atoms with Crippen molar-refractivity contribution in [2.45, 2.75) is 0 Å². The van der Waals surface area contributed by atoms with Crippen LogP contribution in [0.5, 0.6) is 11.5 Å². The zero-order valence-corrected chi connectivity index (χ0v) is 12.7. The maximum absolute atomic E-state index is 10.9. The number of hydrogen-bond donors (Lipinski definition) is 2. The summed E-state index contributed by atoms with van der Waals surface area (Å²) in [4.78, 5) is 13.8. The van der Waals surface area contributed by atoms with E-state index in [-0.39, 0.29) is 26.7 Å². The molecule has 0 aliphatic rings. The van der Waals surface area contributed by atoms with Crippen molar-refractivity contribution in [3.05, 3.63) is 55.8 Å². The summed E-state index contributed by atoms with van der Waals surface area (Å²) >= 11 is 11.9. The molecule has 2 N–H and O–H groups in total. The Morgan fingerprint density at radius 2 is 1.91 bits per heavy atom. The van der Waals surface area contributed by atoms with Crippen LogP contribution in [-0.2, 0) is 0 Å². The number of phenolic OH excluding ortho intramolecular Hbond substituents is 2. The van der Waals surface area contributed by atoms with Crippen molar-refractivity contribution >= 4 is 40.5 Å². The Kier molecular flexibility index (Phi) is 4.69. The van der Waals surface area contributed by atoms with Gasteiger partial charge in [0.1, 0.15) is 0 Å². The van der Waals surface area contributed by atoms with Gasteiger partial charge in [-0.2, -0.15) is 5.26 Å². The number of pyridine rings is 1. The Labute approximate surface area is 139 Å². The van der Waals surface area contributed by atoms with Crippen molar-refractivity contribution in [1.29, 1.82) is 5.26 Å². The first kappa shape index (κ1) is 16.5. The van der Waals surface area contributed by atoms with Gasteiger partial charge in [0.05, 0.1) is 26.6 Å². The van der Waals surface area contributed by atoms with Gasteiger partial charge in [-0.05, 0) is 17.7 Å². The summed E-state index contributed by atoms with van der Waals surface area (Å²) < 4.78 is 0. The van der Waals surface area contributed by atoms with Gasteiger partial charge >= 0.3 is 5.69 Å². The van der Waals surface area contributed by atoms with Crippen LogP contribution in [0.15, 0.2) is 24.5 Å². The zero-order valence-electron chi connectivity index (χ0n) is 11.2. The lowest BCUT2D eigenvalue weighted by Crippen LogP contribution is -1.91. The highest BCUT2D eigenvalue weighted by molar-refractivity contribution is 6.38. The number of nitrogens with zero attached hydrogens (tertiary/aromatic N) is 3. The van der Waals surface area contributed by atoms with E-state index in [2.05, 4.69) is 4.98 Å². The largest absolute Gasteiger partial charge is 0.504 e. The number of nitro groups is 1. The molecule has 23 heavy (non-hydrogen) atoms. The Morgan fingerprint density at radius 3 is 2.43 bits per heavy atom. The third-order valence-corrected chi connectivity index (χ3v) is 3.42. The van der Waals surface area contributed by atoms with Gasteiger partial charge in [0.2, 0.25) is 5.75 Å². The normalized spacial score (nSPS) is 11.1. The highest BCUT2D eigenvalue weighted by Gasteiger charge is 2.19. The summed E-state index contributed by atoms with van der Waals surface area (Å²) in [7, 11) is 0. The van der Waals surface area contributed by atoms with Gasteiger partial charge in [0.25, 0.3) is 0 Å². The second-order valence-electron chi connectivity index (χ2n) is 4.31. The van der Waals surface area contributed by atoms with Gasteiger partial charge in [0.15, 0.2) is 5.75 Å². The third kappa shape index (κ3) is 3.34. The Hall–Kier alpha value is -2.82. The second kappa shape index (κ2) is 6.52. The number of hydrogen-bond acceptors (Lipinski definition) is 6. The molecular weight excluding hydrogens is 345 g/mol. The number of aromatic hydroxyl groups is 2. The van der Waals surface area contributed by atoms with Crippen molar-refractivity contribution in [1.82, 2.24) is 4.98 Å². The molecule has 0 saturated carbocycles. The molecule has 0 bridgehead atoms. The molecule has 1 aromatic heterocycles. The van der Waals surface area contributed by atoms with Crippen LogP contribution in [0.4, 0.5) is 5.69 Å². The predicted molar refractivity (Wildman–Crippen MR) is 84.2 cm³/mol. The minimum Gasteiger partial charge on any atom is -0.504 e. The van der Waals surface area contributed by atoms with Crippen LogP contribution < -0.4 is 0 Å². The van der Waals surface area contributed by atoms with Crippen LogP contribution in [-0.4, -0.2) is 20.1 Å². The Morgan fingerprint density at radius 1 is 1.30 bits per heavy atom. The molecule has 9 heteroatoms. The first-order valence-electron chi connectivity index (χ1n) is 5.96. The molecule has 0 amide bonds. The number of nitro benzene ring substituents is 1. The standard InChI is InChI=1S/C14H7Cl2N3O4/c15-9-5-18-6-10(16)13(9)8(4-17)1-7-2-11(19(22)23)14(21)12(20)3-7/h1-3,5-6,20-21H/b8-1+. The van der Waals surface area contributed by atoms with E-state index >= 15 is 0 Å². The Balaban J connectivity index is 2.65. The molecule has 0 aliphatic carbocycles. The monoisotopic (exact) mass is 351 g/mol. The molecule has 0 fully saturated rings. The van der Waals surface area contributed by atoms with Crippen LogP contribution in [0, 0.1) is 21.4 Å². The molecule has 1 heterocycles. The third-order valence-electron chi connectivity index (χ3n) is 2.84. The number of allylic oxidation sites excluding steroid dienone is 1. The molecule has 116 valence electrons. The molecule has 0 unspecified atom stereocenters. The van der Waals surface area contributed by atoms with Gasteiger partial charge < -0.3 is 10.2 Å². The summed E-state index contributed by atoms with van der Waals surface area (Å²) in [5.74, 6) is -1.54.